The van der Waals surface area contributed by atoms with Crippen LogP contribution in [0.4, 0.5) is 0 Å². The van der Waals surface area contributed by atoms with Crippen molar-refractivity contribution in [1.29, 1.82) is 0 Å². The van der Waals surface area contributed by atoms with Crippen molar-refractivity contribution in [2.75, 3.05) is 27.4 Å². The van der Waals surface area contributed by atoms with E-state index in [2.05, 4.69) is 58.0 Å². The summed E-state index contributed by atoms with van der Waals surface area (Å²) in [7, 11) is 3.57. The van der Waals surface area contributed by atoms with Crippen LogP contribution in [-0.2, 0) is 14.9 Å². The van der Waals surface area contributed by atoms with Gasteiger partial charge in [0.1, 0.15) is 0 Å². The molecule has 0 aliphatic heterocycles. The predicted molar refractivity (Wildman–Crippen MR) is 85.1 cm³/mol. The van der Waals surface area contributed by atoms with Crippen LogP contribution in [0.3, 0.4) is 0 Å². The zero-order valence-corrected chi connectivity index (χ0v) is 13.9. The Bertz CT molecular complexity index is 376. The van der Waals surface area contributed by atoms with E-state index in [1.54, 1.807) is 14.2 Å². The van der Waals surface area contributed by atoms with Gasteiger partial charge in [-0.2, -0.15) is 0 Å². The molecule has 1 aromatic rings. The van der Waals surface area contributed by atoms with Crippen LogP contribution in [0.25, 0.3) is 0 Å². The molecule has 0 aliphatic carbocycles. The van der Waals surface area contributed by atoms with Gasteiger partial charge in [0.2, 0.25) is 0 Å². The SMILES string of the molecule is COCC(COC)(CC(C)C)C(C)(C)c1ccccc1. The summed E-state index contributed by atoms with van der Waals surface area (Å²) in [6.07, 6.45) is 1.08. The van der Waals surface area contributed by atoms with E-state index >= 15 is 0 Å². The summed E-state index contributed by atoms with van der Waals surface area (Å²) in [5.41, 5.74) is 1.31. The second-order valence-electron chi connectivity index (χ2n) is 6.74. The monoisotopic (exact) mass is 278 g/mol. The normalized spacial score (nSPS) is 12.9. The van der Waals surface area contributed by atoms with Gasteiger partial charge in [0.05, 0.1) is 13.2 Å². The quantitative estimate of drug-likeness (QED) is 0.706. The van der Waals surface area contributed by atoms with E-state index in [-0.39, 0.29) is 10.8 Å². The van der Waals surface area contributed by atoms with E-state index in [0.717, 1.165) is 6.42 Å². The smallest absolute Gasteiger partial charge is 0.0549 e. The Morgan fingerprint density at radius 3 is 1.85 bits per heavy atom. The molecule has 20 heavy (non-hydrogen) atoms. The second kappa shape index (κ2) is 7.24. The van der Waals surface area contributed by atoms with Crippen molar-refractivity contribution in [3.63, 3.8) is 0 Å². The Kier molecular flexibility index (Phi) is 6.22. The molecule has 0 N–H and O–H groups in total. The fraction of sp³-hybridized carbons (Fsp3) is 0.667. The van der Waals surface area contributed by atoms with Crippen LogP contribution >= 0.6 is 0 Å². The molecular formula is C18H30O2. The van der Waals surface area contributed by atoms with Crippen LogP contribution in [0.15, 0.2) is 30.3 Å². The zero-order valence-electron chi connectivity index (χ0n) is 13.9. The lowest BCUT2D eigenvalue weighted by atomic mass is 9.59. The van der Waals surface area contributed by atoms with Gasteiger partial charge < -0.3 is 9.47 Å². The number of hydrogen-bond acceptors (Lipinski definition) is 2. The lowest BCUT2D eigenvalue weighted by molar-refractivity contribution is -0.0487. The van der Waals surface area contributed by atoms with Crippen molar-refractivity contribution in [2.45, 2.75) is 39.5 Å². The van der Waals surface area contributed by atoms with Crippen molar-refractivity contribution < 1.29 is 9.47 Å². The van der Waals surface area contributed by atoms with Gasteiger partial charge in [-0.15, -0.1) is 0 Å². The highest BCUT2D eigenvalue weighted by Gasteiger charge is 2.46. The van der Waals surface area contributed by atoms with E-state index in [1.807, 2.05) is 0 Å². The first kappa shape index (κ1) is 17.2. The molecule has 0 amide bonds. The number of ether oxygens (including phenoxy) is 2. The third kappa shape index (κ3) is 3.62. The van der Waals surface area contributed by atoms with Crippen LogP contribution in [0.5, 0.6) is 0 Å². The Hall–Kier alpha value is -0.860. The van der Waals surface area contributed by atoms with Gasteiger partial charge in [0.25, 0.3) is 0 Å². The van der Waals surface area contributed by atoms with E-state index in [4.69, 9.17) is 9.47 Å². The summed E-state index contributed by atoms with van der Waals surface area (Å²) in [5.74, 6) is 0.600. The molecule has 114 valence electrons. The van der Waals surface area contributed by atoms with Gasteiger partial charge in [-0.3, -0.25) is 0 Å². The lowest BCUT2D eigenvalue weighted by Crippen LogP contribution is -2.49. The van der Waals surface area contributed by atoms with E-state index < -0.39 is 0 Å². The van der Waals surface area contributed by atoms with E-state index in [9.17, 15) is 0 Å². The summed E-state index contributed by atoms with van der Waals surface area (Å²) in [6, 6.07) is 10.7. The number of rotatable bonds is 8. The maximum atomic E-state index is 5.59. The first-order chi connectivity index (χ1) is 9.39. The average Bonchev–Trinajstić information content (AvgIpc) is 2.39. The summed E-state index contributed by atoms with van der Waals surface area (Å²) in [4.78, 5) is 0. The van der Waals surface area contributed by atoms with Crippen molar-refractivity contribution in [3.8, 4) is 0 Å². The molecule has 0 bridgehead atoms. The molecule has 1 rings (SSSR count). The molecule has 0 radical (unpaired) electrons. The minimum absolute atomic E-state index is 0.00937. The molecule has 2 nitrogen and oxygen atoms in total. The molecule has 0 saturated heterocycles. The molecule has 0 fully saturated rings. The first-order valence-corrected chi connectivity index (χ1v) is 7.43. The zero-order chi connectivity index (χ0) is 15.2. The van der Waals surface area contributed by atoms with Gasteiger partial charge in [0, 0.05) is 19.6 Å². The summed E-state index contributed by atoms with van der Waals surface area (Å²) >= 11 is 0. The average molecular weight is 278 g/mol. The van der Waals surface area contributed by atoms with Crippen molar-refractivity contribution in [1.82, 2.24) is 0 Å². The molecule has 0 saturated carbocycles. The Morgan fingerprint density at radius 2 is 1.45 bits per heavy atom. The number of methoxy groups -OCH3 is 2. The van der Waals surface area contributed by atoms with Gasteiger partial charge in [-0.05, 0) is 23.3 Å². The fourth-order valence-electron chi connectivity index (χ4n) is 3.27. The van der Waals surface area contributed by atoms with Crippen LogP contribution in [0, 0.1) is 11.3 Å². The highest BCUT2D eigenvalue weighted by molar-refractivity contribution is 5.27. The largest absolute Gasteiger partial charge is 0.384 e. The van der Waals surface area contributed by atoms with E-state index in [1.165, 1.54) is 5.56 Å². The van der Waals surface area contributed by atoms with Crippen molar-refractivity contribution in [2.24, 2.45) is 11.3 Å². The summed E-state index contributed by atoms with van der Waals surface area (Å²) < 4.78 is 11.2. The molecule has 0 aliphatic rings. The highest BCUT2D eigenvalue weighted by atomic mass is 16.5. The third-order valence-electron chi connectivity index (χ3n) is 4.46. The lowest BCUT2D eigenvalue weighted by Gasteiger charge is -2.47. The fourth-order valence-corrected chi connectivity index (χ4v) is 3.27. The summed E-state index contributed by atoms with van der Waals surface area (Å²) in [6.45, 7) is 10.6. The van der Waals surface area contributed by atoms with Crippen LogP contribution in [-0.4, -0.2) is 27.4 Å². The Morgan fingerprint density at radius 1 is 0.950 bits per heavy atom. The molecule has 2 heteroatoms. The maximum absolute atomic E-state index is 5.59. The van der Waals surface area contributed by atoms with Crippen molar-refractivity contribution >= 4 is 0 Å². The molecule has 0 heterocycles. The second-order valence-corrected chi connectivity index (χ2v) is 6.74. The predicted octanol–water partition coefficient (Wildman–Crippen LogP) is 4.29. The van der Waals surface area contributed by atoms with Gasteiger partial charge in [0.15, 0.2) is 0 Å². The number of hydrogen-bond donors (Lipinski definition) is 0. The molecule has 0 atom stereocenters. The van der Waals surface area contributed by atoms with Crippen LogP contribution < -0.4 is 0 Å². The Labute approximate surface area is 124 Å². The molecular weight excluding hydrogens is 248 g/mol. The minimum Gasteiger partial charge on any atom is -0.384 e. The van der Waals surface area contributed by atoms with Crippen molar-refractivity contribution in [3.05, 3.63) is 35.9 Å². The maximum Gasteiger partial charge on any atom is 0.0549 e. The third-order valence-corrected chi connectivity index (χ3v) is 4.46. The van der Waals surface area contributed by atoms with E-state index in [0.29, 0.717) is 19.1 Å². The molecule has 0 unspecified atom stereocenters. The topological polar surface area (TPSA) is 18.5 Å². The van der Waals surface area contributed by atoms with Crippen LogP contribution in [0.2, 0.25) is 0 Å². The molecule has 0 aromatic heterocycles. The van der Waals surface area contributed by atoms with Gasteiger partial charge >= 0.3 is 0 Å². The Balaban J connectivity index is 3.25. The molecule has 0 spiro atoms. The molecule has 1 aromatic carbocycles. The summed E-state index contributed by atoms with van der Waals surface area (Å²) in [5, 5.41) is 0. The first-order valence-electron chi connectivity index (χ1n) is 7.43. The van der Waals surface area contributed by atoms with Gasteiger partial charge in [-0.1, -0.05) is 58.0 Å². The standard InChI is InChI=1S/C18H30O2/c1-15(2)12-18(13-19-5,14-20-6)17(3,4)16-10-8-7-9-11-16/h7-11,15H,12-14H2,1-6H3. The number of benzene rings is 1. The minimum atomic E-state index is -0.0218. The van der Waals surface area contributed by atoms with Crippen LogP contribution in [0.1, 0.15) is 39.7 Å². The highest BCUT2D eigenvalue weighted by Crippen LogP contribution is 2.46. The van der Waals surface area contributed by atoms with Gasteiger partial charge in [-0.25, -0.2) is 0 Å².